The third kappa shape index (κ3) is 10.0. The van der Waals surface area contributed by atoms with Crippen LogP contribution in [0, 0.1) is 0 Å². The topological polar surface area (TPSA) is 152 Å². The minimum absolute atomic E-state index is 0.151. The molecule has 2 atom stereocenters. The summed E-state index contributed by atoms with van der Waals surface area (Å²) in [6, 6.07) is 23.9. The number of ether oxygens (including phenoxy) is 1. The molecule has 0 bridgehead atoms. The normalized spacial score (nSPS) is 12.0. The Morgan fingerprint density at radius 2 is 1.37 bits per heavy atom. The second-order valence-electron chi connectivity index (χ2n) is 10.6. The lowest BCUT2D eigenvalue weighted by Gasteiger charge is -2.24. The highest BCUT2D eigenvalue weighted by atomic mass is 32.1. The van der Waals surface area contributed by atoms with Crippen LogP contribution in [0.1, 0.15) is 45.8 Å². The lowest BCUT2D eigenvalue weighted by molar-refractivity contribution is -0.130. The Balaban J connectivity index is 1.55. The van der Waals surface area contributed by atoms with Crippen molar-refractivity contribution in [3.8, 4) is 5.75 Å². The minimum atomic E-state index is -1.03. The molecule has 0 radical (unpaired) electrons. The van der Waals surface area contributed by atoms with Gasteiger partial charge in [0.2, 0.25) is 17.7 Å². The summed E-state index contributed by atoms with van der Waals surface area (Å²) in [5, 5.41) is 13.0. The van der Waals surface area contributed by atoms with Crippen LogP contribution in [0.3, 0.4) is 0 Å². The molecular formula is C35H39N5O5S. The van der Waals surface area contributed by atoms with Crippen molar-refractivity contribution in [1.29, 1.82) is 0 Å². The molecule has 0 aliphatic heterocycles. The van der Waals surface area contributed by atoms with Gasteiger partial charge in [0.05, 0.1) is 12.3 Å². The minimum Gasteiger partial charge on any atom is -0.494 e. The first-order chi connectivity index (χ1) is 22.2. The number of hydrogen-bond acceptors (Lipinski definition) is 7. The van der Waals surface area contributed by atoms with Gasteiger partial charge in [0.25, 0.3) is 5.91 Å². The number of nitrogens with two attached hydrogens (primary N) is 1. The molecule has 46 heavy (non-hydrogen) atoms. The molecule has 2 unspecified atom stereocenters. The maximum Gasteiger partial charge on any atom is 0.264 e. The molecule has 240 valence electrons. The smallest absolute Gasteiger partial charge is 0.264 e. The van der Waals surface area contributed by atoms with Gasteiger partial charge < -0.3 is 31.7 Å². The van der Waals surface area contributed by atoms with Crippen LogP contribution >= 0.6 is 11.3 Å². The third-order valence-corrected chi connectivity index (χ3v) is 8.03. The first kappa shape index (κ1) is 33.9. The zero-order valence-corrected chi connectivity index (χ0v) is 26.7. The molecular weight excluding hydrogens is 602 g/mol. The Morgan fingerprint density at radius 3 is 2.00 bits per heavy atom. The van der Waals surface area contributed by atoms with Gasteiger partial charge in [-0.3, -0.25) is 19.2 Å². The van der Waals surface area contributed by atoms with Crippen molar-refractivity contribution in [2.45, 2.75) is 51.9 Å². The van der Waals surface area contributed by atoms with Crippen LogP contribution in [0.5, 0.6) is 5.75 Å². The molecule has 0 saturated heterocycles. The van der Waals surface area contributed by atoms with E-state index in [0.717, 1.165) is 33.6 Å². The van der Waals surface area contributed by atoms with E-state index in [0.29, 0.717) is 24.6 Å². The molecule has 0 aliphatic rings. The van der Waals surface area contributed by atoms with Crippen LogP contribution in [-0.4, -0.2) is 42.3 Å². The highest BCUT2D eigenvalue weighted by Gasteiger charge is 2.28. The maximum atomic E-state index is 13.9. The van der Waals surface area contributed by atoms with Crippen LogP contribution in [-0.2, 0) is 40.3 Å². The summed E-state index contributed by atoms with van der Waals surface area (Å²) >= 11 is 1.15. The second kappa shape index (κ2) is 16.9. The van der Waals surface area contributed by atoms with E-state index in [1.165, 1.54) is 6.92 Å². The Labute approximate surface area is 272 Å². The van der Waals surface area contributed by atoms with Crippen molar-refractivity contribution >= 4 is 40.7 Å². The van der Waals surface area contributed by atoms with E-state index in [2.05, 4.69) is 21.3 Å². The van der Waals surface area contributed by atoms with E-state index in [4.69, 9.17) is 10.5 Å². The number of thiophene rings is 1. The number of amides is 4. The van der Waals surface area contributed by atoms with Crippen LogP contribution in [0.2, 0.25) is 0 Å². The van der Waals surface area contributed by atoms with Gasteiger partial charge in [0.15, 0.2) is 0 Å². The maximum absolute atomic E-state index is 13.9. The molecule has 1 aromatic heterocycles. The quantitative estimate of drug-likeness (QED) is 0.133. The molecule has 4 amide bonds. The van der Waals surface area contributed by atoms with Crippen molar-refractivity contribution in [3.05, 3.63) is 117 Å². The van der Waals surface area contributed by atoms with Gasteiger partial charge in [-0.05, 0) is 52.8 Å². The molecule has 0 fully saturated rings. The third-order valence-electron chi connectivity index (χ3n) is 7.12. The average molecular weight is 642 g/mol. The predicted molar refractivity (Wildman–Crippen MR) is 179 cm³/mol. The zero-order valence-electron chi connectivity index (χ0n) is 25.9. The fraction of sp³-hybridized carbons (Fsp3) is 0.257. The van der Waals surface area contributed by atoms with Crippen LogP contribution < -0.4 is 31.7 Å². The molecule has 0 spiro atoms. The van der Waals surface area contributed by atoms with Crippen molar-refractivity contribution in [3.63, 3.8) is 0 Å². The van der Waals surface area contributed by atoms with Crippen molar-refractivity contribution < 1.29 is 23.9 Å². The van der Waals surface area contributed by atoms with E-state index >= 15 is 0 Å². The van der Waals surface area contributed by atoms with Crippen LogP contribution in [0.25, 0.3) is 0 Å². The van der Waals surface area contributed by atoms with Crippen LogP contribution in [0.4, 0.5) is 5.69 Å². The monoisotopic (exact) mass is 641 g/mol. The molecule has 4 rings (SSSR count). The Kier molecular flexibility index (Phi) is 12.4. The number of benzene rings is 3. The summed E-state index contributed by atoms with van der Waals surface area (Å²) in [7, 11) is 0. The number of carbonyl (C=O) groups is 4. The van der Waals surface area contributed by atoms with Gasteiger partial charge in [-0.25, -0.2) is 0 Å². The van der Waals surface area contributed by atoms with Gasteiger partial charge >= 0.3 is 0 Å². The number of carbonyl (C=O) groups excluding carboxylic acids is 4. The van der Waals surface area contributed by atoms with Crippen molar-refractivity contribution in [2.75, 3.05) is 11.9 Å². The Bertz CT molecular complexity index is 1610. The standard InChI is InChI=1S/C35H39N5O5S/c1-3-45-28-15-13-25(14-16-28)20-31(40-35(44)32-29(17-18-46-32)38-23(2)41)34(43)39-30(19-24-7-5-4-6-8-24)33(42)37-22-27-11-9-26(21-36)10-12-27/h4-18,30-31H,3,19-22,36H2,1-2H3,(H,37,42)(H,38,41)(H,39,43)(H,40,44). The highest BCUT2D eigenvalue weighted by Crippen LogP contribution is 2.23. The molecule has 1 heterocycles. The van der Waals surface area contributed by atoms with E-state index in [9.17, 15) is 19.2 Å². The zero-order chi connectivity index (χ0) is 32.9. The predicted octanol–water partition coefficient (Wildman–Crippen LogP) is 3.95. The lowest BCUT2D eigenvalue weighted by atomic mass is 10.0. The fourth-order valence-electron chi connectivity index (χ4n) is 4.77. The van der Waals surface area contributed by atoms with Gasteiger partial charge in [-0.15, -0.1) is 11.3 Å². The molecule has 3 aromatic carbocycles. The Hall–Kier alpha value is -5.00. The molecule has 6 N–H and O–H groups in total. The van der Waals surface area contributed by atoms with Gasteiger partial charge in [-0.2, -0.15) is 0 Å². The summed E-state index contributed by atoms with van der Waals surface area (Å²) in [5.41, 5.74) is 9.57. The molecule has 0 aliphatic carbocycles. The number of nitrogens with one attached hydrogen (secondary N) is 4. The van der Waals surface area contributed by atoms with E-state index in [1.807, 2.05) is 73.7 Å². The molecule has 4 aromatic rings. The van der Waals surface area contributed by atoms with Crippen LogP contribution in [0.15, 0.2) is 90.3 Å². The average Bonchev–Trinajstić information content (AvgIpc) is 3.52. The van der Waals surface area contributed by atoms with E-state index in [1.54, 1.807) is 23.6 Å². The van der Waals surface area contributed by atoms with Gasteiger partial charge in [0, 0.05) is 32.9 Å². The molecule has 10 nitrogen and oxygen atoms in total. The fourth-order valence-corrected chi connectivity index (χ4v) is 5.52. The summed E-state index contributed by atoms with van der Waals surface area (Å²) in [6.45, 7) is 4.45. The first-order valence-corrected chi connectivity index (χ1v) is 15.9. The van der Waals surface area contributed by atoms with Crippen molar-refractivity contribution in [1.82, 2.24) is 16.0 Å². The summed E-state index contributed by atoms with van der Waals surface area (Å²) < 4.78 is 5.54. The first-order valence-electron chi connectivity index (χ1n) is 15.0. The number of rotatable bonds is 15. The SMILES string of the molecule is CCOc1ccc(CC(NC(=O)c2sccc2NC(C)=O)C(=O)NC(Cc2ccccc2)C(=O)NCc2ccc(CN)cc2)cc1. The largest absolute Gasteiger partial charge is 0.494 e. The summed E-state index contributed by atoms with van der Waals surface area (Å²) in [5.74, 6) is -1.04. The highest BCUT2D eigenvalue weighted by molar-refractivity contribution is 7.12. The molecule has 11 heteroatoms. The number of anilines is 1. The lowest BCUT2D eigenvalue weighted by Crippen LogP contribution is -2.55. The van der Waals surface area contributed by atoms with Crippen molar-refractivity contribution in [2.24, 2.45) is 5.73 Å². The van der Waals surface area contributed by atoms with Gasteiger partial charge in [0.1, 0.15) is 22.7 Å². The second-order valence-corrected chi connectivity index (χ2v) is 11.6. The summed E-state index contributed by atoms with van der Waals surface area (Å²) in [4.78, 5) is 52.8. The van der Waals surface area contributed by atoms with E-state index < -0.39 is 23.9 Å². The van der Waals surface area contributed by atoms with Gasteiger partial charge in [-0.1, -0.05) is 66.7 Å². The van der Waals surface area contributed by atoms with E-state index in [-0.39, 0.29) is 36.1 Å². The number of hydrogen-bond donors (Lipinski definition) is 5. The molecule has 0 saturated carbocycles. The Morgan fingerprint density at radius 1 is 0.761 bits per heavy atom. The summed E-state index contributed by atoms with van der Waals surface area (Å²) in [6.07, 6.45) is 0.393.